The van der Waals surface area contributed by atoms with E-state index in [4.69, 9.17) is 9.52 Å². The first-order valence-electron chi connectivity index (χ1n) is 6.96. The van der Waals surface area contributed by atoms with Crippen LogP contribution in [-0.2, 0) is 13.2 Å². The van der Waals surface area contributed by atoms with E-state index in [0.717, 1.165) is 18.8 Å². The van der Waals surface area contributed by atoms with Crippen molar-refractivity contribution in [2.24, 2.45) is 5.41 Å². The quantitative estimate of drug-likeness (QED) is 0.662. The van der Waals surface area contributed by atoms with Gasteiger partial charge >= 0.3 is 0 Å². The summed E-state index contributed by atoms with van der Waals surface area (Å²) in [5, 5.41) is 12.3. The fourth-order valence-electron chi connectivity index (χ4n) is 2.07. The number of aliphatic hydroxyl groups is 1. The minimum absolute atomic E-state index is 0.0253. The maximum Gasteiger partial charge on any atom is 0.129 e. The number of hydrogen-bond donors (Lipinski definition) is 2. The third kappa shape index (κ3) is 5.69. The van der Waals surface area contributed by atoms with Gasteiger partial charge in [-0.1, -0.05) is 40.0 Å². The molecule has 18 heavy (non-hydrogen) atoms. The van der Waals surface area contributed by atoms with Gasteiger partial charge in [0.2, 0.25) is 0 Å². The lowest BCUT2D eigenvalue weighted by Gasteiger charge is -2.24. The molecule has 1 aromatic heterocycles. The van der Waals surface area contributed by atoms with Crippen molar-refractivity contribution in [1.29, 1.82) is 0 Å². The Balaban J connectivity index is 2.23. The molecule has 104 valence electrons. The van der Waals surface area contributed by atoms with E-state index in [0.29, 0.717) is 11.2 Å². The lowest BCUT2D eigenvalue weighted by atomic mass is 9.87. The maximum absolute atomic E-state index is 8.91. The van der Waals surface area contributed by atoms with Crippen LogP contribution >= 0.6 is 0 Å². The first kappa shape index (κ1) is 15.3. The minimum atomic E-state index is -0.0253. The summed E-state index contributed by atoms with van der Waals surface area (Å²) in [6.45, 7) is 8.54. The van der Waals surface area contributed by atoms with E-state index in [2.05, 4.69) is 26.1 Å². The summed E-state index contributed by atoms with van der Waals surface area (Å²) in [5.41, 5.74) is 0.335. The van der Waals surface area contributed by atoms with Gasteiger partial charge in [-0.2, -0.15) is 0 Å². The molecule has 2 N–H and O–H groups in total. The zero-order valence-corrected chi connectivity index (χ0v) is 12.0. The van der Waals surface area contributed by atoms with Crippen LogP contribution in [0.1, 0.15) is 58.0 Å². The molecule has 0 aliphatic heterocycles. The van der Waals surface area contributed by atoms with Crippen molar-refractivity contribution in [3.63, 3.8) is 0 Å². The first-order chi connectivity index (χ1) is 8.57. The Bertz CT molecular complexity index is 331. The summed E-state index contributed by atoms with van der Waals surface area (Å²) in [5.74, 6) is 1.53. The van der Waals surface area contributed by atoms with Crippen LogP contribution in [0, 0.1) is 5.41 Å². The molecule has 3 heteroatoms. The van der Waals surface area contributed by atoms with Crippen molar-refractivity contribution in [3.8, 4) is 0 Å². The predicted molar refractivity (Wildman–Crippen MR) is 74.3 cm³/mol. The molecule has 0 unspecified atom stereocenters. The predicted octanol–water partition coefficient (Wildman–Crippen LogP) is 3.47. The number of rotatable bonds is 9. The van der Waals surface area contributed by atoms with E-state index in [1.165, 1.54) is 25.7 Å². The summed E-state index contributed by atoms with van der Waals surface area (Å²) in [4.78, 5) is 0. The summed E-state index contributed by atoms with van der Waals surface area (Å²) >= 11 is 0. The summed E-state index contributed by atoms with van der Waals surface area (Å²) in [6, 6.07) is 3.74. The van der Waals surface area contributed by atoms with Crippen LogP contribution < -0.4 is 5.32 Å². The van der Waals surface area contributed by atoms with Crippen LogP contribution in [0.15, 0.2) is 16.5 Å². The van der Waals surface area contributed by atoms with Gasteiger partial charge in [-0.3, -0.25) is 0 Å². The van der Waals surface area contributed by atoms with Gasteiger partial charge in [0.25, 0.3) is 0 Å². The molecule has 0 saturated heterocycles. The van der Waals surface area contributed by atoms with Crippen molar-refractivity contribution in [2.45, 2.75) is 59.6 Å². The van der Waals surface area contributed by atoms with Gasteiger partial charge < -0.3 is 14.8 Å². The van der Waals surface area contributed by atoms with E-state index in [9.17, 15) is 0 Å². The Kier molecular flexibility index (Phi) is 6.44. The van der Waals surface area contributed by atoms with Crippen LogP contribution in [0.2, 0.25) is 0 Å². The van der Waals surface area contributed by atoms with Crippen molar-refractivity contribution < 1.29 is 9.52 Å². The lowest BCUT2D eigenvalue weighted by Crippen LogP contribution is -2.28. The van der Waals surface area contributed by atoms with E-state index < -0.39 is 0 Å². The monoisotopic (exact) mass is 253 g/mol. The molecule has 0 atom stereocenters. The van der Waals surface area contributed by atoms with E-state index >= 15 is 0 Å². The van der Waals surface area contributed by atoms with Gasteiger partial charge in [0.15, 0.2) is 0 Å². The molecule has 0 bridgehead atoms. The molecule has 0 saturated carbocycles. The molecule has 0 aliphatic rings. The van der Waals surface area contributed by atoms with E-state index in [-0.39, 0.29) is 6.61 Å². The van der Waals surface area contributed by atoms with Gasteiger partial charge in [-0.25, -0.2) is 0 Å². The second-order valence-electron chi connectivity index (χ2n) is 5.75. The van der Waals surface area contributed by atoms with Crippen LogP contribution in [0.3, 0.4) is 0 Å². The molecule has 0 fully saturated rings. The minimum Gasteiger partial charge on any atom is -0.462 e. The van der Waals surface area contributed by atoms with Gasteiger partial charge in [-0.05, 0) is 24.0 Å². The Morgan fingerprint density at radius 2 is 1.94 bits per heavy atom. The zero-order chi connectivity index (χ0) is 13.4. The highest BCUT2D eigenvalue weighted by atomic mass is 16.4. The number of aliphatic hydroxyl groups excluding tert-OH is 1. The molecule has 0 aliphatic carbocycles. The number of furan rings is 1. The van der Waals surface area contributed by atoms with Crippen molar-refractivity contribution >= 4 is 0 Å². The van der Waals surface area contributed by atoms with Gasteiger partial charge in [-0.15, -0.1) is 0 Å². The van der Waals surface area contributed by atoms with Crippen LogP contribution in [0.25, 0.3) is 0 Å². The van der Waals surface area contributed by atoms with Crippen LogP contribution in [0.4, 0.5) is 0 Å². The molecule has 1 rings (SSSR count). The maximum atomic E-state index is 8.91. The highest BCUT2D eigenvalue weighted by molar-refractivity contribution is 5.06. The molecule has 0 spiro atoms. The lowest BCUT2D eigenvalue weighted by molar-refractivity contribution is 0.241. The average Bonchev–Trinajstić information content (AvgIpc) is 2.77. The smallest absolute Gasteiger partial charge is 0.129 e. The van der Waals surface area contributed by atoms with Gasteiger partial charge in [0.05, 0.1) is 6.54 Å². The highest BCUT2D eigenvalue weighted by Crippen LogP contribution is 2.22. The Labute approximate surface area is 111 Å². The van der Waals surface area contributed by atoms with Gasteiger partial charge in [0, 0.05) is 6.54 Å². The summed E-state index contributed by atoms with van der Waals surface area (Å²) < 4.78 is 5.43. The summed E-state index contributed by atoms with van der Waals surface area (Å²) in [6.07, 6.45) is 5.16. The van der Waals surface area contributed by atoms with Crippen LogP contribution in [-0.4, -0.2) is 11.7 Å². The molecule has 0 aromatic carbocycles. The first-order valence-corrected chi connectivity index (χ1v) is 6.96. The Hall–Kier alpha value is -0.800. The molecular weight excluding hydrogens is 226 g/mol. The largest absolute Gasteiger partial charge is 0.462 e. The second kappa shape index (κ2) is 7.59. The number of nitrogens with one attached hydrogen (secondary N) is 1. The SMILES string of the molecule is CCCCCC(C)(C)CNCc1ccc(CO)o1. The molecule has 3 nitrogen and oxygen atoms in total. The van der Waals surface area contributed by atoms with E-state index in [1.54, 1.807) is 0 Å². The normalized spacial score (nSPS) is 12.0. The third-order valence-electron chi connectivity index (χ3n) is 3.23. The standard InChI is InChI=1S/C15H27NO2/c1-4-5-6-9-15(2,3)12-16-10-13-7-8-14(11-17)18-13/h7-8,16-17H,4-6,9-12H2,1-3H3. The zero-order valence-electron chi connectivity index (χ0n) is 12.0. The molecule has 0 amide bonds. The second-order valence-corrected chi connectivity index (χ2v) is 5.75. The average molecular weight is 253 g/mol. The molecule has 0 radical (unpaired) electrons. The van der Waals surface area contributed by atoms with Crippen LogP contribution in [0.5, 0.6) is 0 Å². The fraction of sp³-hybridized carbons (Fsp3) is 0.733. The topological polar surface area (TPSA) is 45.4 Å². The Morgan fingerprint density at radius 1 is 1.22 bits per heavy atom. The highest BCUT2D eigenvalue weighted by Gasteiger charge is 2.16. The Morgan fingerprint density at radius 3 is 2.56 bits per heavy atom. The molecule has 1 aromatic rings. The fourth-order valence-corrected chi connectivity index (χ4v) is 2.07. The van der Waals surface area contributed by atoms with Gasteiger partial charge in [0.1, 0.15) is 18.1 Å². The summed E-state index contributed by atoms with van der Waals surface area (Å²) in [7, 11) is 0. The third-order valence-corrected chi connectivity index (χ3v) is 3.23. The molecule has 1 heterocycles. The number of hydrogen-bond acceptors (Lipinski definition) is 3. The van der Waals surface area contributed by atoms with Crippen molar-refractivity contribution in [3.05, 3.63) is 23.7 Å². The van der Waals surface area contributed by atoms with Crippen molar-refractivity contribution in [2.75, 3.05) is 6.54 Å². The van der Waals surface area contributed by atoms with E-state index in [1.807, 2.05) is 12.1 Å². The van der Waals surface area contributed by atoms with Crippen molar-refractivity contribution in [1.82, 2.24) is 5.32 Å². The number of unbranched alkanes of at least 4 members (excludes halogenated alkanes) is 2. The molecular formula is C15H27NO2.